The Morgan fingerprint density at radius 3 is 2.57 bits per heavy atom. The van der Waals surface area contributed by atoms with Crippen LogP contribution in [0.3, 0.4) is 0 Å². The van der Waals surface area contributed by atoms with E-state index in [0.29, 0.717) is 23.8 Å². The van der Waals surface area contributed by atoms with Crippen LogP contribution in [0.5, 0.6) is 0 Å². The average molecular weight is 335 g/mol. The van der Waals surface area contributed by atoms with Gasteiger partial charge in [-0.3, -0.25) is 4.79 Å². The number of amides is 1. The molecule has 0 saturated heterocycles. The Morgan fingerprint density at radius 2 is 1.96 bits per heavy atom. The topological polar surface area (TPSA) is 82.2 Å². The van der Waals surface area contributed by atoms with E-state index in [1.807, 2.05) is 24.3 Å². The first kappa shape index (κ1) is 15.9. The van der Waals surface area contributed by atoms with E-state index in [4.69, 9.17) is 11.6 Å². The largest absolute Gasteiger partial charge is 0.480 e. The van der Waals surface area contributed by atoms with Crippen LogP contribution in [0.2, 0.25) is 5.02 Å². The maximum atomic E-state index is 12.6. The van der Waals surface area contributed by atoms with Gasteiger partial charge in [0, 0.05) is 10.9 Å². The van der Waals surface area contributed by atoms with Crippen molar-refractivity contribution in [3.8, 4) is 0 Å². The first-order valence-corrected chi connectivity index (χ1v) is 8.13. The van der Waals surface area contributed by atoms with Crippen LogP contribution in [0, 0.1) is 5.92 Å². The Hall–Kier alpha value is -2.01. The summed E-state index contributed by atoms with van der Waals surface area (Å²) in [5.74, 6) is -0.968. The summed E-state index contributed by atoms with van der Waals surface area (Å²) >= 11 is 6.28. The molecule has 0 spiro atoms. The van der Waals surface area contributed by atoms with Crippen molar-refractivity contribution in [2.75, 3.05) is 0 Å². The van der Waals surface area contributed by atoms with Gasteiger partial charge in [0.05, 0.1) is 5.02 Å². The zero-order valence-electron chi connectivity index (χ0n) is 12.9. The third-order valence-corrected chi connectivity index (χ3v) is 5.15. The SMILES string of the molecule is CC1CCC(NC(=O)c2[nH]c3ccccc3c2Cl)(C(=O)O)CC1. The van der Waals surface area contributed by atoms with Gasteiger partial charge in [-0.05, 0) is 37.7 Å². The van der Waals surface area contributed by atoms with Gasteiger partial charge >= 0.3 is 5.97 Å². The summed E-state index contributed by atoms with van der Waals surface area (Å²) in [6.45, 7) is 2.10. The number of carbonyl (C=O) groups is 2. The number of carboxylic acids is 1. The highest BCUT2D eigenvalue weighted by Crippen LogP contribution is 2.33. The van der Waals surface area contributed by atoms with Crippen LogP contribution in [0.25, 0.3) is 10.9 Å². The summed E-state index contributed by atoms with van der Waals surface area (Å²) in [6, 6.07) is 7.33. The smallest absolute Gasteiger partial charge is 0.329 e. The van der Waals surface area contributed by atoms with E-state index in [-0.39, 0.29) is 5.69 Å². The Kier molecular flexibility index (Phi) is 4.06. The molecule has 1 aliphatic rings. The fraction of sp³-hybridized carbons (Fsp3) is 0.412. The fourth-order valence-corrected chi connectivity index (χ4v) is 3.49. The van der Waals surface area contributed by atoms with Crippen LogP contribution >= 0.6 is 11.6 Å². The standard InChI is InChI=1S/C17H19ClN2O3/c1-10-6-8-17(9-7-10,16(22)23)20-15(21)14-13(18)11-4-2-3-5-12(11)19-14/h2-5,10,19H,6-9H2,1H3,(H,20,21)(H,22,23). The number of carbonyl (C=O) groups excluding carboxylic acids is 1. The summed E-state index contributed by atoms with van der Waals surface area (Å²) in [5, 5.41) is 13.4. The number of halogens is 1. The zero-order chi connectivity index (χ0) is 16.6. The number of aromatic amines is 1. The van der Waals surface area contributed by atoms with Crippen LogP contribution < -0.4 is 5.32 Å². The number of nitrogens with one attached hydrogen (secondary N) is 2. The Labute approximate surface area is 139 Å². The average Bonchev–Trinajstić information content (AvgIpc) is 2.87. The zero-order valence-corrected chi connectivity index (χ0v) is 13.6. The van der Waals surface area contributed by atoms with Gasteiger partial charge in [0.1, 0.15) is 11.2 Å². The van der Waals surface area contributed by atoms with E-state index >= 15 is 0 Å². The lowest BCUT2D eigenvalue weighted by Gasteiger charge is -2.36. The van der Waals surface area contributed by atoms with Gasteiger partial charge in [-0.25, -0.2) is 4.79 Å². The third kappa shape index (κ3) is 2.81. The molecule has 3 rings (SSSR count). The first-order chi connectivity index (χ1) is 10.9. The summed E-state index contributed by atoms with van der Waals surface area (Å²) in [7, 11) is 0. The third-order valence-electron chi connectivity index (χ3n) is 4.76. The lowest BCUT2D eigenvalue weighted by atomic mass is 9.77. The van der Waals surface area contributed by atoms with Crippen molar-refractivity contribution in [2.45, 2.75) is 38.1 Å². The number of rotatable bonds is 3. The normalized spacial score (nSPS) is 24.5. The van der Waals surface area contributed by atoms with E-state index in [2.05, 4.69) is 17.2 Å². The predicted molar refractivity (Wildman–Crippen MR) is 88.8 cm³/mol. The molecule has 3 N–H and O–H groups in total. The van der Waals surface area contributed by atoms with Crippen molar-refractivity contribution in [3.05, 3.63) is 35.0 Å². The second-order valence-corrected chi connectivity index (χ2v) is 6.76. The van der Waals surface area contributed by atoms with E-state index in [1.54, 1.807) is 0 Å². The molecule has 2 aromatic rings. The van der Waals surface area contributed by atoms with E-state index in [9.17, 15) is 14.7 Å². The summed E-state index contributed by atoms with van der Waals surface area (Å²) in [6.07, 6.45) is 2.44. The second kappa shape index (κ2) is 5.89. The molecule has 0 atom stereocenters. The summed E-state index contributed by atoms with van der Waals surface area (Å²) < 4.78 is 0. The lowest BCUT2D eigenvalue weighted by Crippen LogP contribution is -2.56. The Balaban J connectivity index is 1.89. The van der Waals surface area contributed by atoms with Crippen molar-refractivity contribution in [2.24, 2.45) is 5.92 Å². The van der Waals surface area contributed by atoms with Crippen molar-refractivity contribution < 1.29 is 14.7 Å². The number of fused-ring (bicyclic) bond motifs is 1. The van der Waals surface area contributed by atoms with Gasteiger partial charge in [0.15, 0.2) is 0 Å². The van der Waals surface area contributed by atoms with Crippen molar-refractivity contribution in [1.29, 1.82) is 0 Å². The van der Waals surface area contributed by atoms with Gasteiger partial charge in [-0.2, -0.15) is 0 Å². The minimum Gasteiger partial charge on any atom is -0.480 e. The molecule has 6 heteroatoms. The fourth-order valence-electron chi connectivity index (χ4n) is 3.19. The molecular formula is C17H19ClN2O3. The molecule has 0 radical (unpaired) electrons. The van der Waals surface area contributed by atoms with Crippen LogP contribution in [-0.2, 0) is 4.79 Å². The molecule has 0 aliphatic heterocycles. The molecule has 0 unspecified atom stereocenters. The molecule has 0 bridgehead atoms. The number of hydrogen-bond acceptors (Lipinski definition) is 2. The molecule has 122 valence electrons. The molecule has 1 aromatic heterocycles. The minimum absolute atomic E-state index is 0.215. The number of H-pyrrole nitrogens is 1. The van der Waals surface area contributed by atoms with Crippen molar-refractivity contribution >= 4 is 34.4 Å². The van der Waals surface area contributed by atoms with Gasteiger partial charge in [0.25, 0.3) is 5.91 Å². The highest BCUT2D eigenvalue weighted by molar-refractivity contribution is 6.38. The summed E-state index contributed by atoms with van der Waals surface area (Å²) in [5.41, 5.74) is -0.235. The van der Waals surface area contributed by atoms with E-state index < -0.39 is 17.4 Å². The van der Waals surface area contributed by atoms with Gasteiger partial charge in [0.2, 0.25) is 0 Å². The Bertz CT molecular complexity index is 760. The first-order valence-electron chi connectivity index (χ1n) is 7.75. The van der Waals surface area contributed by atoms with Gasteiger partial charge in [-0.1, -0.05) is 36.7 Å². The monoisotopic (exact) mass is 334 g/mol. The molecule has 1 amide bonds. The molecule has 5 nitrogen and oxygen atoms in total. The quantitative estimate of drug-likeness (QED) is 0.802. The molecule has 1 saturated carbocycles. The highest BCUT2D eigenvalue weighted by Gasteiger charge is 2.43. The predicted octanol–water partition coefficient (Wildman–Crippen LogP) is 3.58. The number of aliphatic carboxylic acids is 1. The van der Waals surface area contributed by atoms with Crippen LogP contribution in [0.4, 0.5) is 0 Å². The number of benzene rings is 1. The summed E-state index contributed by atoms with van der Waals surface area (Å²) in [4.78, 5) is 27.3. The number of aromatic nitrogens is 1. The molecular weight excluding hydrogens is 316 g/mol. The maximum absolute atomic E-state index is 12.6. The lowest BCUT2D eigenvalue weighted by molar-refractivity contribution is -0.146. The number of para-hydroxylation sites is 1. The maximum Gasteiger partial charge on any atom is 0.329 e. The van der Waals surface area contributed by atoms with Crippen LogP contribution in [-0.4, -0.2) is 27.5 Å². The Morgan fingerprint density at radius 1 is 1.30 bits per heavy atom. The second-order valence-electron chi connectivity index (χ2n) is 6.38. The molecule has 1 heterocycles. The molecule has 1 aromatic carbocycles. The molecule has 1 fully saturated rings. The van der Waals surface area contributed by atoms with E-state index in [0.717, 1.165) is 23.7 Å². The molecule has 23 heavy (non-hydrogen) atoms. The van der Waals surface area contributed by atoms with Crippen LogP contribution in [0.1, 0.15) is 43.1 Å². The number of carboxylic acid groups (broad SMARTS) is 1. The van der Waals surface area contributed by atoms with E-state index in [1.165, 1.54) is 0 Å². The number of hydrogen-bond donors (Lipinski definition) is 3. The van der Waals surface area contributed by atoms with Crippen molar-refractivity contribution in [1.82, 2.24) is 10.3 Å². The van der Waals surface area contributed by atoms with Gasteiger partial charge in [-0.15, -0.1) is 0 Å². The molecule has 1 aliphatic carbocycles. The van der Waals surface area contributed by atoms with Crippen LogP contribution in [0.15, 0.2) is 24.3 Å². The van der Waals surface area contributed by atoms with Crippen molar-refractivity contribution in [3.63, 3.8) is 0 Å². The highest BCUT2D eigenvalue weighted by atomic mass is 35.5. The van der Waals surface area contributed by atoms with Gasteiger partial charge < -0.3 is 15.4 Å². The minimum atomic E-state index is -1.20.